The van der Waals surface area contributed by atoms with Gasteiger partial charge in [0.05, 0.1) is 0 Å². The zero-order chi connectivity index (χ0) is 49.7. The molecule has 0 unspecified atom stereocenters. The third-order valence-electron chi connectivity index (χ3n) is 16.7. The van der Waals surface area contributed by atoms with Gasteiger partial charge in [0.1, 0.15) is 0 Å². The van der Waals surface area contributed by atoms with Crippen molar-refractivity contribution in [2.45, 2.75) is 136 Å². The molecule has 8 aromatic carbocycles. The Morgan fingerprint density at radius 3 is 1.10 bits per heavy atom. The molecule has 0 amide bonds. The van der Waals surface area contributed by atoms with Gasteiger partial charge in [0.25, 0.3) is 0 Å². The zero-order valence-electron chi connectivity index (χ0n) is 44.5. The van der Waals surface area contributed by atoms with Crippen molar-refractivity contribution in [1.29, 1.82) is 0 Å². The summed E-state index contributed by atoms with van der Waals surface area (Å²) in [7, 11) is 0. The number of hydrogen-bond acceptors (Lipinski definition) is 1. The molecule has 0 radical (unpaired) electrons. The van der Waals surface area contributed by atoms with Gasteiger partial charge in [-0.1, -0.05) is 207 Å². The van der Waals surface area contributed by atoms with Crippen molar-refractivity contribution in [2.24, 2.45) is 0 Å². The Balaban J connectivity index is 1.12. The van der Waals surface area contributed by atoms with Gasteiger partial charge in [-0.2, -0.15) is 0 Å². The van der Waals surface area contributed by atoms with Crippen LogP contribution in [0.4, 0.5) is 17.1 Å². The Kier molecular flexibility index (Phi) is 10.0. The monoisotopic (exact) mass is 914 g/mol. The Bertz CT molecular complexity index is 3290. The number of nitrogens with zero attached hydrogens (tertiary/aromatic N) is 1. The molecule has 3 aliphatic carbocycles. The highest BCUT2D eigenvalue weighted by Crippen LogP contribution is 2.55. The molecule has 11 rings (SSSR count). The van der Waals surface area contributed by atoms with Crippen molar-refractivity contribution >= 4 is 17.1 Å². The predicted molar refractivity (Wildman–Crippen MR) is 301 cm³/mol. The van der Waals surface area contributed by atoms with Crippen molar-refractivity contribution in [1.82, 2.24) is 0 Å². The second kappa shape index (κ2) is 15.3. The molecule has 0 bridgehead atoms. The maximum absolute atomic E-state index is 2.52. The second-order valence-corrected chi connectivity index (χ2v) is 25.6. The number of hydrogen-bond donors (Lipinski definition) is 0. The van der Waals surface area contributed by atoms with Crippen LogP contribution >= 0.6 is 0 Å². The van der Waals surface area contributed by atoms with Crippen LogP contribution in [0, 0.1) is 0 Å². The summed E-state index contributed by atoms with van der Waals surface area (Å²) < 4.78 is 0. The zero-order valence-corrected chi connectivity index (χ0v) is 44.5. The smallest absolute Gasteiger partial charge is 0.0473 e. The van der Waals surface area contributed by atoms with Crippen molar-refractivity contribution in [3.63, 3.8) is 0 Å². The van der Waals surface area contributed by atoms with E-state index in [0.717, 1.165) is 17.1 Å². The normalized spacial score (nSPS) is 15.7. The first-order valence-corrected chi connectivity index (χ1v) is 25.7. The Labute approximate surface area is 419 Å². The maximum atomic E-state index is 2.52. The van der Waals surface area contributed by atoms with Gasteiger partial charge >= 0.3 is 0 Å². The van der Waals surface area contributed by atoms with E-state index in [-0.39, 0.29) is 32.5 Å². The van der Waals surface area contributed by atoms with Crippen LogP contribution < -0.4 is 4.90 Å². The first-order valence-electron chi connectivity index (χ1n) is 25.7. The number of fused-ring (bicyclic) bond motifs is 9. The van der Waals surface area contributed by atoms with E-state index in [0.29, 0.717) is 0 Å². The molecule has 3 aliphatic rings. The molecular formula is C69H71N. The molecule has 0 saturated heterocycles. The molecule has 1 heteroatoms. The van der Waals surface area contributed by atoms with Crippen molar-refractivity contribution in [3.05, 3.63) is 208 Å². The highest BCUT2D eigenvalue weighted by Gasteiger charge is 2.39. The molecule has 0 heterocycles. The average molecular weight is 914 g/mol. The largest absolute Gasteiger partial charge is 0.310 e. The minimum atomic E-state index is -0.147. The lowest BCUT2D eigenvalue weighted by Crippen LogP contribution is -2.18. The van der Waals surface area contributed by atoms with Gasteiger partial charge < -0.3 is 4.90 Å². The van der Waals surface area contributed by atoms with Crippen molar-refractivity contribution in [2.75, 3.05) is 4.90 Å². The van der Waals surface area contributed by atoms with E-state index in [4.69, 9.17) is 0 Å². The summed E-state index contributed by atoms with van der Waals surface area (Å²) in [5, 5.41) is 0. The van der Waals surface area contributed by atoms with Crippen LogP contribution in [0.25, 0.3) is 55.6 Å². The lowest BCUT2D eigenvalue weighted by molar-refractivity contribution is 0.584. The summed E-state index contributed by atoms with van der Waals surface area (Å²) in [6, 6.07) is 61.8. The van der Waals surface area contributed by atoms with Crippen molar-refractivity contribution < 1.29 is 0 Å². The fourth-order valence-electron chi connectivity index (χ4n) is 12.2. The van der Waals surface area contributed by atoms with Gasteiger partial charge in [-0.3, -0.25) is 0 Å². The third kappa shape index (κ3) is 7.16. The molecule has 0 aliphatic heterocycles. The molecule has 0 fully saturated rings. The standard InChI is InChI=1S/C69H71N/c1-64(2,3)46-22-26-49(27-23-46)70(50-28-33-57-52-18-16-17-19-58(52)67(10,11)63(57)41-50)51-35-44(42-20-29-53-55-31-24-47(65(4,5)6)39-61(55)68(12,13)59(53)37-42)34-45(36-51)43-21-30-54-56-32-25-48(66(7,8)9)40-62(56)69(14,15)60(54)38-43/h16-41H,1-15H3. The van der Waals surface area contributed by atoms with Gasteiger partial charge in [-0.15, -0.1) is 0 Å². The average Bonchev–Trinajstić information content (AvgIpc) is 3.79. The minimum absolute atomic E-state index is 0.0322. The fraction of sp³-hybridized carbons (Fsp3) is 0.304. The van der Waals surface area contributed by atoms with Crippen LogP contribution in [-0.4, -0.2) is 0 Å². The van der Waals surface area contributed by atoms with Crippen LogP contribution in [0.3, 0.4) is 0 Å². The molecule has 70 heavy (non-hydrogen) atoms. The van der Waals surface area contributed by atoms with E-state index >= 15 is 0 Å². The third-order valence-corrected chi connectivity index (χ3v) is 16.7. The van der Waals surface area contributed by atoms with Crippen molar-refractivity contribution in [3.8, 4) is 55.6 Å². The van der Waals surface area contributed by atoms with Crippen LogP contribution in [0.1, 0.15) is 154 Å². The molecule has 0 N–H and O–H groups in total. The molecule has 352 valence electrons. The maximum Gasteiger partial charge on any atom is 0.0473 e. The summed E-state index contributed by atoms with van der Waals surface area (Å²) in [5.41, 5.74) is 28.6. The van der Waals surface area contributed by atoms with Gasteiger partial charge in [0.2, 0.25) is 0 Å². The molecule has 8 aromatic rings. The van der Waals surface area contributed by atoms with Crippen LogP contribution in [0.2, 0.25) is 0 Å². The molecule has 0 saturated carbocycles. The number of rotatable bonds is 5. The van der Waals surface area contributed by atoms with E-state index in [9.17, 15) is 0 Å². The van der Waals surface area contributed by atoms with Gasteiger partial charge in [-0.25, -0.2) is 0 Å². The van der Waals surface area contributed by atoms with Crippen LogP contribution in [-0.2, 0) is 32.5 Å². The van der Waals surface area contributed by atoms with E-state index in [1.807, 2.05) is 0 Å². The SMILES string of the molecule is CC(C)(C)c1ccc(N(c2cc(-c3ccc4c(c3)C(C)(C)c3cc(C(C)(C)C)ccc3-4)cc(-c3ccc4c(c3)C(C)(C)c3cc(C(C)(C)C)ccc3-4)c2)c2ccc3c(c2)C(C)(C)c2ccccc2-3)cc1. The van der Waals surface area contributed by atoms with E-state index in [1.54, 1.807) is 0 Å². The fourth-order valence-corrected chi connectivity index (χ4v) is 12.2. The first kappa shape index (κ1) is 46.0. The minimum Gasteiger partial charge on any atom is -0.310 e. The predicted octanol–water partition coefficient (Wildman–Crippen LogP) is 19.3. The summed E-state index contributed by atoms with van der Waals surface area (Å²) >= 11 is 0. The molecule has 0 aromatic heterocycles. The number of benzene rings is 8. The Morgan fingerprint density at radius 1 is 0.271 bits per heavy atom. The lowest BCUT2D eigenvalue weighted by atomic mass is 9.78. The second-order valence-electron chi connectivity index (χ2n) is 25.6. The number of anilines is 3. The summed E-state index contributed by atoms with van der Waals surface area (Å²) in [6.07, 6.45) is 0. The highest BCUT2D eigenvalue weighted by molar-refractivity contribution is 5.91. The van der Waals surface area contributed by atoms with Crippen LogP contribution in [0.15, 0.2) is 158 Å². The van der Waals surface area contributed by atoms with Crippen LogP contribution in [0.5, 0.6) is 0 Å². The van der Waals surface area contributed by atoms with E-state index < -0.39 is 0 Å². The quantitative estimate of drug-likeness (QED) is 0.166. The highest BCUT2D eigenvalue weighted by atomic mass is 15.1. The summed E-state index contributed by atoms with van der Waals surface area (Å²) in [4.78, 5) is 2.52. The molecule has 0 atom stereocenters. The summed E-state index contributed by atoms with van der Waals surface area (Å²) in [5.74, 6) is 0. The Hall–Kier alpha value is -6.44. The lowest BCUT2D eigenvalue weighted by Gasteiger charge is -2.30. The van der Waals surface area contributed by atoms with Gasteiger partial charge in [0.15, 0.2) is 0 Å². The van der Waals surface area contributed by atoms with E-state index in [2.05, 4.69) is 266 Å². The molecular weight excluding hydrogens is 843 g/mol. The first-order chi connectivity index (χ1) is 32.8. The van der Waals surface area contributed by atoms with E-state index in [1.165, 1.54) is 106 Å². The molecule has 1 nitrogen and oxygen atoms in total. The molecule has 0 spiro atoms. The van der Waals surface area contributed by atoms with Gasteiger partial charge in [0, 0.05) is 33.3 Å². The topological polar surface area (TPSA) is 3.24 Å². The van der Waals surface area contributed by atoms with Gasteiger partial charge in [-0.05, 0) is 177 Å². The summed E-state index contributed by atoms with van der Waals surface area (Å²) in [6.45, 7) is 35.3. The Morgan fingerprint density at radius 2 is 0.629 bits per heavy atom.